The molecule has 1 amide bonds. The number of amides is 1. The number of ether oxygens (including phenoxy) is 2. The zero-order valence-electron chi connectivity index (χ0n) is 12.7. The summed E-state index contributed by atoms with van der Waals surface area (Å²) in [6.07, 6.45) is -0.890. The molecule has 6 nitrogen and oxygen atoms in total. The summed E-state index contributed by atoms with van der Waals surface area (Å²) in [5.74, 6) is -0.407. The molecule has 2 N–H and O–H groups in total. The molecule has 1 heterocycles. The second kappa shape index (κ2) is 7.26. The number of nitrogens with one attached hydrogen (secondary N) is 1. The third kappa shape index (κ3) is 4.21. The number of carbonyl (C=O) groups is 2. The normalized spacial score (nSPS) is 20.9. The molecule has 1 aromatic rings. The molecular formula is C16H21NO5. The molecule has 2 rings (SSSR count). The van der Waals surface area contributed by atoms with Gasteiger partial charge in [0, 0.05) is 0 Å². The Labute approximate surface area is 129 Å². The van der Waals surface area contributed by atoms with Crippen LogP contribution in [0.5, 0.6) is 5.75 Å². The van der Waals surface area contributed by atoms with E-state index in [9.17, 15) is 9.59 Å². The van der Waals surface area contributed by atoms with Crippen molar-refractivity contribution in [3.8, 4) is 5.75 Å². The fourth-order valence-electron chi connectivity index (χ4n) is 2.18. The Balaban J connectivity index is 1.98. The van der Waals surface area contributed by atoms with E-state index in [4.69, 9.17) is 14.6 Å². The van der Waals surface area contributed by atoms with Gasteiger partial charge >= 0.3 is 5.97 Å². The molecule has 0 aliphatic carbocycles. The van der Waals surface area contributed by atoms with Gasteiger partial charge in [-0.2, -0.15) is 0 Å². The van der Waals surface area contributed by atoms with E-state index in [-0.39, 0.29) is 5.91 Å². The summed E-state index contributed by atoms with van der Waals surface area (Å²) >= 11 is 0. The zero-order chi connectivity index (χ0) is 16.1. The Kier molecular flexibility index (Phi) is 5.38. The van der Waals surface area contributed by atoms with Gasteiger partial charge in [0.05, 0.1) is 12.3 Å². The number of aliphatic carboxylic acids is 1. The Bertz CT molecular complexity index is 543. The molecule has 120 valence electrons. The zero-order valence-corrected chi connectivity index (χ0v) is 12.7. The lowest BCUT2D eigenvalue weighted by molar-refractivity contribution is -0.150. The van der Waals surface area contributed by atoms with E-state index in [2.05, 4.69) is 5.32 Å². The summed E-state index contributed by atoms with van der Waals surface area (Å²) in [4.78, 5) is 23.0. The SMILES string of the molecule is CC(C)COc1ccccc1NC(=O)[C@@H]1CC[C@H](C(=O)O)O1. The number of hydrogen-bond acceptors (Lipinski definition) is 4. The quantitative estimate of drug-likeness (QED) is 0.842. The maximum atomic E-state index is 12.2. The van der Waals surface area contributed by atoms with Crippen molar-refractivity contribution in [2.24, 2.45) is 5.92 Å². The van der Waals surface area contributed by atoms with Gasteiger partial charge in [-0.15, -0.1) is 0 Å². The maximum Gasteiger partial charge on any atom is 0.332 e. The summed E-state index contributed by atoms with van der Waals surface area (Å²) < 4.78 is 10.9. The number of carboxylic acid groups (broad SMARTS) is 1. The number of carbonyl (C=O) groups excluding carboxylic acids is 1. The molecule has 1 aliphatic heterocycles. The van der Waals surface area contributed by atoms with Crippen LogP contribution in [-0.4, -0.2) is 35.8 Å². The van der Waals surface area contributed by atoms with Gasteiger partial charge in [0.25, 0.3) is 5.91 Å². The number of rotatable bonds is 6. The summed E-state index contributed by atoms with van der Waals surface area (Å²) in [5, 5.41) is 11.6. The van der Waals surface area contributed by atoms with Gasteiger partial charge in [0.2, 0.25) is 0 Å². The molecule has 1 fully saturated rings. The summed E-state index contributed by atoms with van der Waals surface area (Å²) in [7, 11) is 0. The van der Waals surface area contributed by atoms with E-state index in [1.54, 1.807) is 18.2 Å². The van der Waals surface area contributed by atoms with Crippen LogP contribution >= 0.6 is 0 Å². The van der Waals surface area contributed by atoms with Crippen molar-refractivity contribution in [3.63, 3.8) is 0 Å². The molecular weight excluding hydrogens is 286 g/mol. The first-order chi connectivity index (χ1) is 10.5. The van der Waals surface area contributed by atoms with Crippen LogP contribution in [0.25, 0.3) is 0 Å². The number of benzene rings is 1. The van der Waals surface area contributed by atoms with Crippen molar-refractivity contribution in [2.75, 3.05) is 11.9 Å². The highest BCUT2D eigenvalue weighted by Gasteiger charge is 2.34. The summed E-state index contributed by atoms with van der Waals surface area (Å²) in [5.41, 5.74) is 0.565. The second-order valence-corrected chi connectivity index (χ2v) is 5.72. The molecule has 6 heteroatoms. The topological polar surface area (TPSA) is 84.9 Å². The maximum absolute atomic E-state index is 12.2. The monoisotopic (exact) mass is 307 g/mol. The third-order valence-corrected chi connectivity index (χ3v) is 3.30. The van der Waals surface area contributed by atoms with Crippen molar-refractivity contribution in [2.45, 2.75) is 38.9 Å². The van der Waals surface area contributed by atoms with Gasteiger partial charge in [-0.3, -0.25) is 4.79 Å². The molecule has 22 heavy (non-hydrogen) atoms. The molecule has 0 saturated carbocycles. The lowest BCUT2D eigenvalue weighted by Gasteiger charge is -2.16. The van der Waals surface area contributed by atoms with E-state index < -0.39 is 18.2 Å². The van der Waals surface area contributed by atoms with Crippen LogP contribution < -0.4 is 10.1 Å². The molecule has 1 saturated heterocycles. The van der Waals surface area contributed by atoms with Crippen LogP contribution in [0, 0.1) is 5.92 Å². The fourth-order valence-corrected chi connectivity index (χ4v) is 2.18. The standard InChI is InChI=1S/C16H21NO5/c1-10(2)9-21-12-6-4-3-5-11(12)17-15(18)13-7-8-14(22-13)16(19)20/h3-6,10,13-14H,7-9H2,1-2H3,(H,17,18)(H,19,20)/t13-,14+/m0/s1. The largest absolute Gasteiger partial charge is 0.491 e. The molecule has 1 aliphatic rings. The number of hydrogen-bond donors (Lipinski definition) is 2. The highest BCUT2D eigenvalue weighted by molar-refractivity contribution is 5.96. The highest BCUT2D eigenvalue weighted by atomic mass is 16.5. The van der Waals surface area contributed by atoms with Gasteiger partial charge in [0.15, 0.2) is 6.10 Å². The van der Waals surface area contributed by atoms with Crippen LogP contribution in [0.4, 0.5) is 5.69 Å². The van der Waals surface area contributed by atoms with Crippen LogP contribution in [-0.2, 0) is 14.3 Å². The average molecular weight is 307 g/mol. The van der Waals surface area contributed by atoms with E-state index in [1.807, 2.05) is 19.9 Å². The van der Waals surface area contributed by atoms with Gasteiger partial charge < -0.3 is 19.9 Å². The first-order valence-electron chi connectivity index (χ1n) is 7.38. The molecule has 1 aromatic carbocycles. The Morgan fingerprint density at radius 2 is 2.00 bits per heavy atom. The second-order valence-electron chi connectivity index (χ2n) is 5.72. The van der Waals surface area contributed by atoms with Crippen molar-refractivity contribution in [1.29, 1.82) is 0 Å². The minimum absolute atomic E-state index is 0.343. The molecule has 0 bridgehead atoms. The van der Waals surface area contributed by atoms with E-state index in [1.165, 1.54) is 0 Å². The van der Waals surface area contributed by atoms with E-state index in [0.717, 1.165) is 0 Å². The van der Waals surface area contributed by atoms with Crippen LogP contribution in [0.1, 0.15) is 26.7 Å². The molecule has 0 spiro atoms. The van der Waals surface area contributed by atoms with Gasteiger partial charge in [-0.1, -0.05) is 26.0 Å². The molecule has 2 atom stereocenters. The molecule has 0 aromatic heterocycles. The van der Waals surface area contributed by atoms with Gasteiger partial charge in [0.1, 0.15) is 11.9 Å². The minimum atomic E-state index is -1.03. The minimum Gasteiger partial charge on any atom is -0.491 e. The van der Waals surface area contributed by atoms with Crippen LogP contribution in [0.3, 0.4) is 0 Å². The Morgan fingerprint density at radius 3 is 2.64 bits per heavy atom. The van der Waals surface area contributed by atoms with Crippen LogP contribution in [0.2, 0.25) is 0 Å². The average Bonchev–Trinajstić information content (AvgIpc) is 2.96. The summed E-state index contributed by atoms with van der Waals surface area (Å²) in [6, 6.07) is 7.16. The van der Waals surface area contributed by atoms with Crippen LogP contribution in [0.15, 0.2) is 24.3 Å². The number of anilines is 1. The van der Waals surface area contributed by atoms with Crippen molar-refractivity contribution >= 4 is 17.6 Å². The molecule has 0 unspecified atom stereocenters. The van der Waals surface area contributed by atoms with Crippen molar-refractivity contribution in [1.82, 2.24) is 0 Å². The predicted molar refractivity (Wildman–Crippen MR) is 80.9 cm³/mol. The highest BCUT2D eigenvalue weighted by Crippen LogP contribution is 2.26. The van der Waals surface area contributed by atoms with Gasteiger partial charge in [-0.25, -0.2) is 4.79 Å². The van der Waals surface area contributed by atoms with E-state index in [0.29, 0.717) is 36.8 Å². The Morgan fingerprint density at radius 1 is 1.32 bits per heavy atom. The van der Waals surface area contributed by atoms with E-state index >= 15 is 0 Å². The molecule has 0 radical (unpaired) electrons. The lowest BCUT2D eigenvalue weighted by atomic mass is 10.2. The fraction of sp³-hybridized carbons (Fsp3) is 0.500. The third-order valence-electron chi connectivity index (χ3n) is 3.30. The first-order valence-corrected chi connectivity index (χ1v) is 7.38. The summed E-state index contributed by atoms with van der Waals surface area (Å²) in [6.45, 7) is 4.63. The number of para-hydroxylation sites is 2. The smallest absolute Gasteiger partial charge is 0.332 e. The Hall–Kier alpha value is -2.08. The van der Waals surface area contributed by atoms with Crippen molar-refractivity contribution in [3.05, 3.63) is 24.3 Å². The number of carboxylic acids is 1. The lowest BCUT2D eigenvalue weighted by Crippen LogP contribution is -2.30. The predicted octanol–water partition coefficient (Wildman–Crippen LogP) is 2.29. The first kappa shape index (κ1) is 16.3. The van der Waals surface area contributed by atoms with Crippen molar-refractivity contribution < 1.29 is 24.2 Å². The van der Waals surface area contributed by atoms with Gasteiger partial charge in [-0.05, 0) is 30.9 Å².